The summed E-state index contributed by atoms with van der Waals surface area (Å²) >= 11 is 0. The van der Waals surface area contributed by atoms with Crippen LogP contribution in [0.3, 0.4) is 0 Å². The summed E-state index contributed by atoms with van der Waals surface area (Å²) in [7, 11) is 0. The maximum Gasteiger partial charge on any atom is 0.251 e. The number of anilines is 1. The lowest BCUT2D eigenvalue weighted by molar-refractivity contribution is -0.117. The fraction of sp³-hybridized carbons (Fsp3) is 0.320. The van der Waals surface area contributed by atoms with Crippen LogP contribution in [0.1, 0.15) is 58.7 Å². The van der Waals surface area contributed by atoms with Crippen LogP contribution in [0.15, 0.2) is 53.1 Å². The molecule has 3 aromatic rings. The van der Waals surface area contributed by atoms with Crippen molar-refractivity contribution < 1.29 is 18.8 Å². The van der Waals surface area contributed by atoms with Crippen LogP contribution < -0.4 is 15.4 Å². The van der Waals surface area contributed by atoms with Gasteiger partial charge in [0.25, 0.3) is 5.91 Å². The van der Waals surface area contributed by atoms with Crippen LogP contribution >= 0.6 is 0 Å². The third-order valence-electron chi connectivity index (χ3n) is 5.63. The molecule has 7 heteroatoms. The molecule has 0 aliphatic heterocycles. The summed E-state index contributed by atoms with van der Waals surface area (Å²) in [5, 5.41) is 9.86. The Morgan fingerprint density at radius 3 is 2.56 bits per heavy atom. The molecule has 32 heavy (non-hydrogen) atoms. The fourth-order valence-electron chi connectivity index (χ4n) is 3.40. The Morgan fingerprint density at radius 2 is 1.91 bits per heavy atom. The lowest BCUT2D eigenvalue weighted by Crippen LogP contribution is -2.26. The second kappa shape index (κ2) is 9.26. The molecule has 1 aliphatic carbocycles. The summed E-state index contributed by atoms with van der Waals surface area (Å²) < 4.78 is 11.0. The SMILES string of the molecule is Cc1noc(C)c1COc1cccc(C(=O)NC(C)c2ccc(NC(=O)C3CC3)cc2)c1. The molecule has 1 heterocycles. The second-order valence-corrected chi connectivity index (χ2v) is 8.20. The van der Waals surface area contributed by atoms with Crippen LogP contribution in [0.25, 0.3) is 0 Å². The molecule has 2 N–H and O–H groups in total. The number of hydrogen-bond acceptors (Lipinski definition) is 5. The van der Waals surface area contributed by atoms with E-state index in [0.717, 1.165) is 41.1 Å². The summed E-state index contributed by atoms with van der Waals surface area (Å²) in [5.41, 5.74) is 3.94. The van der Waals surface area contributed by atoms with E-state index in [1.165, 1.54) is 0 Å². The summed E-state index contributed by atoms with van der Waals surface area (Å²) in [6.45, 7) is 5.96. The zero-order chi connectivity index (χ0) is 22.7. The summed E-state index contributed by atoms with van der Waals surface area (Å²) in [6.07, 6.45) is 1.94. The predicted octanol–water partition coefficient (Wildman–Crippen LogP) is 4.71. The summed E-state index contributed by atoms with van der Waals surface area (Å²) in [4.78, 5) is 24.7. The summed E-state index contributed by atoms with van der Waals surface area (Å²) in [6, 6.07) is 14.4. The average Bonchev–Trinajstić information content (AvgIpc) is 3.59. The molecule has 1 saturated carbocycles. The first kappa shape index (κ1) is 21.6. The smallest absolute Gasteiger partial charge is 0.251 e. The third-order valence-corrected chi connectivity index (χ3v) is 5.63. The Balaban J connectivity index is 1.34. The highest BCUT2D eigenvalue weighted by Crippen LogP contribution is 2.30. The minimum Gasteiger partial charge on any atom is -0.489 e. The Kier molecular flexibility index (Phi) is 6.25. The number of ether oxygens (including phenoxy) is 1. The average molecular weight is 434 g/mol. The van der Waals surface area contributed by atoms with Crippen molar-refractivity contribution in [1.29, 1.82) is 0 Å². The van der Waals surface area contributed by atoms with E-state index in [9.17, 15) is 9.59 Å². The van der Waals surface area contributed by atoms with Gasteiger partial charge in [0.05, 0.1) is 17.3 Å². The molecule has 1 atom stereocenters. The minimum atomic E-state index is -0.192. The molecule has 1 aromatic heterocycles. The van der Waals surface area contributed by atoms with E-state index in [1.54, 1.807) is 18.2 Å². The number of aryl methyl sites for hydroxylation is 2. The van der Waals surface area contributed by atoms with Gasteiger partial charge in [0.2, 0.25) is 5.91 Å². The Bertz CT molecular complexity index is 1100. The Morgan fingerprint density at radius 1 is 1.16 bits per heavy atom. The highest BCUT2D eigenvalue weighted by Gasteiger charge is 2.29. The van der Waals surface area contributed by atoms with Gasteiger partial charge in [0.1, 0.15) is 18.1 Å². The lowest BCUT2D eigenvalue weighted by atomic mass is 10.1. The van der Waals surface area contributed by atoms with Gasteiger partial charge in [-0.15, -0.1) is 0 Å². The molecule has 1 unspecified atom stereocenters. The number of carbonyl (C=O) groups excluding carboxylic acids is 2. The van der Waals surface area contributed by atoms with Crippen molar-refractivity contribution in [3.05, 3.63) is 76.7 Å². The zero-order valence-electron chi connectivity index (χ0n) is 18.5. The third kappa shape index (κ3) is 5.17. The van der Waals surface area contributed by atoms with Crippen molar-refractivity contribution in [2.45, 2.75) is 46.3 Å². The van der Waals surface area contributed by atoms with Gasteiger partial charge in [0.15, 0.2) is 0 Å². The largest absolute Gasteiger partial charge is 0.489 e. The molecule has 166 valence electrons. The van der Waals surface area contributed by atoms with Crippen LogP contribution in [0.4, 0.5) is 5.69 Å². The minimum absolute atomic E-state index is 0.0792. The molecule has 7 nitrogen and oxygen atoms in total. The van der Waals surface area contributed by atoms with E-state index in [-0.39, 0.29) is 23.8 Å². The fourth-order valence-corrected chi connectivity index (χ4v) is 3.40. The molecule has 0 spiro atoms. The van der Waals surface area contributed by atoms with E-state index < -0.39 is 0 Å². The van der Waals surface area contributed by atoms with Gasteiger partial charge in [-0.3, -0.25) is 9.59 Å². The predicted molar refractivity (Wildman–Crippen MR) is 120 cm³/mol. The number of nitrogens with zero attached hydrogens (tertiary/aromatic N) is 1. The van der Waals surface area contributed by atoms with Crippen molar-refractivity contribution in [3.8, 4) is 5.75 Å². The van der Waals surface area contributed by atoms with Gasteiger partial charge in [-0.1, -0.05) is 23.4 Å². The van der Waals surface area contributed by atoms with E-state index >= 15 is 0 Å². The Hall–Kier alpha value is -3.61. The highest BCUT2D eigenvalue weighted by molar-refractivity contribution is 5.95. The number of amides is 2. The molecule has 0 radical (unpaired) electrons. The maximum atomic E-state index is 12.8. The number of hydrogen-bond donors (Lipinski definition) is 2. The van der Waals surface area contributed by atoms with Crippen molar-refractivity contribution in [3.63, 3.8) is 0 Å². The van der Waals surface area contributed by atoms with Gasteiger partial charge < -0.3 is 19.9 Å². The first-order chi connectivity index (χ1) is 15.4. The van der Waals surface area contributed by atoms with E-state index in [4.69, 9.17) is 9.26 Å². The van der Waals surface area contributed by atoms with E-state index in [1.807, 2.05) is 51.1 Å². The second-order valence-electron chi connectivity index (χ2n) is 8.20. The van der Waals surface area contributed by atoms with Gasteiger partial charge in [-0.25, -0.2) is 0 Å². The molecule has 1 fully saturated rings. The van der Waals surface area contributed by atoms with Crippen molar-refractivity contribution in [2.75, 3.05) is 5.32 Å². The number of benzene rings is 2. The van der Waals surface area contributed by atoms with Crippen LogP contribution in [0, 0.1) is 19.8 Å². The number of carbonyl (C=O) groups is 2. The summed E-state index contributed by atoms with van der Waals surface area (Å²) in [5.74, 6) is 1.38. The van der Waals surface area contributed by atoms with Crippen LogP contribution in [0.2, 0.25) is 0 Å². The van der Waals surface area contributed by atoms with Crippen LogP contribution in [0.5, 0.6) is 5.75 Å². The van der Waals surface area contributed by atoms with Crippen molar-refractivity contribution in [1.82, 2.24) is 10.5 Å². The van der Waals surface area contributed by atoms with E-state index in [0.29, 0.717) is 17.9 Å². The van der Waals surface area contributed by atoms with Gasteiger partial charge in [0, 0.05) is 17.2 Å². The van der Waals surface area contributed by atoms with Gasteiger partial charge in [-0.05, 0) is 69.5 Å². The molecule has 0 bridgehead atoms. The van der Waals surface area contributed by atoms with Crippen LogP contribution in [-0.4, -0.2) is 17.0 Å². The molecular formula is C25H27N3O4. The quantitative estimate of drug-likeness (QED) is 0.537. The topological polar surface area (TPSA) is 93.5 Å². The van der Waals surface area contributed by atoms with Gasteiger partial charge in [-0.2, -0.15) is 0 Å². The van der Waals surface area contributed by atoms with Crippen molar-refractivity contribution in [2.24, 2.45) is 5.92 Å². The number of nitrogens with one attached hydrogen (secondary N) is 2. The molecule has 0 saturated heterocycles. The first-order valence-electron chi connectivity index (χ1n) is 10.8. The first-order valence-corrected chi connectivity index (χ1v) is 10.8. The molecular weight excluding hydrogens is 406 g/mol. The highest BCUT2D eigenvalue weighted by atomic mass is 16.5. The monoisotopic (exact) mass is 433 g/mol. The molecule has 2 amide bonds. The molecule has 4 rings (SSSR count). The Labute approximate surface area is 187 Å². The number of rotatable bonds is 8. The standard InChI is InChI=1S/C25H27N3O4/c1-15(18-9-11-21(12-10-18)27-24(29)19-7-8-19)26-25(30)20-5-4-6-22(13-20)31-14-23-16(2)28-32-17(23)3/h4-6,9-13,15,19H,7-8,14H2,1-3H3,(H,26,30)(H,27,29). The van der Waals surface area contributed by atoms with Crippen molar-refractivity contribution >= 4 is 17.5 Å². The number of aromatic nitrogens is 1. The van der Waals surface area contributed by atoms with E-state index in [2.05, 4.69) is 15.8 Å². The normalized spacial score (nSPS) is 14.0. The lowest BCUT2D eigenvalue weighted by Gasteiger charge is -2.16. The maximum absolute atomic E-state index is 12.8. The molecule has 1 aliphatic rings. The van der Waals surface area contributed by atoms with Gasteiger partial charge >= 0.3 is 0 Å². The molecule has 2 aromatic carbocycles. The zero-order valence-corrected chi connectivity index (χ0v) is 18.5. The van der Waals surface area contributed by atoms with Crippen LogP contribution in [-0.2, 0) is 11.4 Å².